The Hall–Kier alpha value is -3.00. The predicted octanol–water partition coefficient (Wildman–Crippen LogP) is 2.57. The molecule has 0 aliphatic heterocycles. The fraction of sp³-hybridized carbons (Fsp3) is 0.176. The third-order valence-corrected chi connectivity index (χ3v) is 4.09. The highest BCUT2D eigenvalue weighted by atomic mass is 32.1. The van der Waals surface area contributed by atoms with Gasteiger partial charge in [-0.1, -0.05) is 18.2 Å². The number of nitrogens with one attached hydrogen (secondary N) is 1. The number of amides is 1. The maximum atomic E-state index is 11.6. The molecule has 2 rings (SSSR count). The molecule has 0 unspecified atom stereocenters. The number of thiophene rings is 1. The Kier molecular flexibility index (Phi) is 6.85. The predicted molar refractivity (Wildman–Crippen MR) is 94.1 cm³/mol. The van der Waals surface area contributed by atoms with Crippen molar-refractivity contribution < 1.29 is 19.2 Å². The molecule has 0 saturated carbocycles. The van der Waals surface area contributed by atoms with E-state index in [9.17, 15) is 19.7 Å². The molecule has 0 radical (unpaired) electrons. The van der Waals surface area contributed by atoms with E-state index in [2.05, 4.69) is 5.32 Å². The summed E-state index contributed by atoms with van der Waals surface area (Å²) >= 11 is 1.61. The largest absolute Gasteiger partial charge is 0.452 e. The molecular weight excluding hydrogens is 344 g/mol. The molecule has 130 valence electrons. The third-order valence-electron chi connectivity index (χ3n) is 3.15. The number of benzene rings is 1. The van der Waals surface area contributed by atoms with Gasteiger partial charge in [0.1, 0.15) is 0 Å². The lowest BCUT2D eigenvalue weighted by molar-refractivity contribution is -0.385. The van der Waals surface area contributed by atoms with E-state index in [1.54, 1.807) is 17.4 Å². The smallest absolute Gasteiger partial charge is 0.331 e. The zero-order valence-corrected chi connectivity index (χ0v) is 14.0. The van der Waals surface area contributed by atoms with Gasteiger partial charge in [-0.2, -0.15) is 0 Å². The topological polar surface area (TPSA) is 98.5 Å². The number of ether oxygens (including phenoxy) is 1. The summed E-state index contributed by atoms with van der Waals surface area (Å²) in [6, 6.07) is 9.93. The van der Waals surface area contributed by atoms with Crippen LogP contribution in [-0.2, 0) is 20.7 Å². The van der Waals surface area contributed by atoms with Crippen LogP contribution in [0.1, 0.15) is 10.4 Å². The normalized spacial score (nSPS) is 10.6. The maximum Gasteiger partial charge on any atom is 0.331 e. The summed E-state index contributed by atoms with van der Waals surface area (Å²) in [6.45, 7) is 0.0629. The van der Waals surface area contributed by atoms with Crippen LogP contribution in [0.2, 0.25) is 0 Å². The highest BCUT2D eigenvalue weighted by molar-refractivity contribution is 7.09. The second kappa shape index (κ2) is 9.33. The van der Waals surface area contributed by atoms with E-state index in [0.717, 1.165) is 17.4 Å². The van der Waals surface area contributed by atoms with Crippen LogP contribution in [-0.4, -0.2) is 30.0 Å². The first-order valence-corrected chi connectivity index (χ1v) is 8.31. The van der Waals surface area contributed by atoms with Gasteiger partial charge in [-0.05, 0) is 30.0 Å². The number of nitro benzene ring substituents is 1. The van der Waals surface area contributed by atoms with E-state index < -0.39 is 23.4 Å². The summed E-state index contributed by atoms with van der Waals surface area (Å²) in [5.74, 6) is -1.14. The van der Waals surface area contributed by atoms with Crippen molar-refractivity contribution in [2.45, 2.75) is 6.42 Å². The monoisotopic (exact) mass is 360 g/mol. The molecule has 0 atom stereocenters. The average molecular weight is 360 g/mol. The molecule has 25 heavy (non-hydrogen) atoms. The van der Waals surface area contributed by atoms with Gasteiger partial charge in [0.2, 0.25) is 0 Å². The molecule has 0 spiro atoms. The first kappa shape index (κ1) is 18.3. The van der Waals surface area contributed by atoms with Crippen LogP contribution >= 0.6 is 11.3 Å². The molecule has 0 fully saturated rings. The number of nitro groups is 1. The molecule has 0 aliphatic carbocycles. The standard InChI is InChI=1S/C17H16N2O5S/c20-16(18-10-9-14-5-3-11-25-14)12-24-17(21)8-7-13-4-1-2-6-15(13)19(22)23/h1-8,11H,9-10,12H2,(H,18,20)/b8-7+. The lowest BCUT2D eigenvalue weighted by Gasteiger charge is -2.04. The summed E-state index contributed by atoms with van der Waals surface area (Å²) in [5.41, 5.74) is 0.169. The molecular formula is C17H16N2O5S. The summed E-state index contributed by atoms with van der Waals surface area (Å²) in [6.07, 6.45) is 3.06. The fourth-order valence-corrected chi connectivity index (χ4v) is 2.68. The number of esters is 1. The molecule has 1 N–H and O–H groups in total. The van der Waals surface area contributed by atoms with Crippen molar-refractivity contribution in [2.24, 2.45) is 0 Å². The van der Waals surface area contributed by atoms with E-state index in [1.807, 2.05) is 17.5 Å². The van der Waals surface area contributed by atoms with Crippen molar-refractivity contribution in [1.29, 1.82) is 0 Å². The van der Waals surface area contributed by atoms with Crippen LogP contribution in [0.15, 0.2) is 47.9 Å². The lowest BCUT2D eigenvalue weighted by atomic mass is 10.1. The SMILES string of the molecule is O=C(COC(=O)/C=C/c1ccccc1[N+](=O)[O-])NCCc1cccs1. The van der Waals surface area contributed by atoms with Crippen molar-refractivity contribution in [2.75, 3.05) is 13.2 Å². The molecule has 8 heteroatoms. The first-order chi connectivity index (χ1) is 12.1. The number of carbonyl (C=O) groups is 2. The van der Waals surface area contributed by atoms with Gasteiger partial charge in [0.25, 0.3) is 11.6 Å². The van der Waals surface area contributed by atoms with Crippen LogP contribution in [0.5, 0.6) is 0 Å². The molecule has 1 heterocycles. The minimum Gasteiger partial charge on any atom is -0.452 e. The van der Waals surface area contributed by atoms with Crippen molar-refractivity contribution in [3.8, 4) is 0 Å². The molecule has 7 nitrogen and oxygen atoms in total. The summed E-state index contributed by atoms with van der Waals surface area (Å²) in [7, 11) is 0. The van der Waals surface area contributed by atoms with Crippen LogP contribution in [0.4, 0.5) is 5.69 Å². The van der Waals surface area contributed by atoms with Gasteiger partial charge in [-0.3, -0.25) is 14.9 Å². The fourth-order valence-electron chi connectivity index (χ4n) is 1.97. The second-order valence-corrected chi connectivity index (χ2v) is 5.97. The molecule has 0 saturated heterocycles. The second-order valence-electron chi connectivity index (χ2n) is 4.94. The number of para-hydroxylation sites is 1. The van der Waals surface area contributed by atoms with Crippen molar-refractivity contribution >= 4 is 35.0 Å². The van der Waals surface area contributed by atoms with Gasteiger partial charge in [0, 0.05) is 23.6 Å². The van der Waals surface area contributed by atoms with E-state index in [-0.39, 0.29) is 11.3 Å². The Morgan fingerprint density at radius 1 is 1.24 bits per heavy atom. The highest BCUT2D eigenvalue weighted by Gasteiger charge is 2.10. The van der Waals surface area contributed by atoms with E-state index in [1.165, 1.54) is 24.3 Å². The zero-order chi connectivity index (χ0) is 18.1. The van der Waals surface area contributed by atoms with Crippen molar-refractivity contribution in [1.82, 2.24) is 5.32 Å². The summed E-state index contributed by atoms with van der Waals surface area (Å²) in [4.78, 5) is 34.7. The molecule has 0 bridgehead atoms. The van der Waals surface area contributed by atoms with Crippen molar-refractivity contribution in [3.63, 3.8) is 0 Å². The number of hydrogen-bond acceptors (Lipinski definition) is 6. The molecule has 2 aromatic rings. The quantitative estimate of drug-likeness (QED) is 0.338. The van der Waals surface area contributed by atoms with Crippen molar-refractivity contribution in [3.05, 3.63) is 68.4 Å². The number of rotatable bonds is 8. The molecule has 1 amide bonds. The third kappa shape index (κ3) is 6.19. The van der Waals surface area contributed by atoms with Gasteiger partial charge in [-0.15, -0.1) is 11.3 Å². The van der Waals surface area contributed by atoms with E-state index in [4.69, 9.17) is 4.74 Å². The van der Waals surface area contributed by atoms with Gasteiger partial charge >= 0.3 is 5.97 Å². The van der Waals surface area contributed by atoms with Crippen LogP contribution in [0.25, 0.3) is 6.08 Å². The van der Waals surface area contributed by atoms with E-state index >= 15 is 0 Å². The Morgan fingerprint density at radius 2 is 2.04 bits per heavy atom. The van der Waals surface area contributed by atoms with Gasteiger partial charge < -0.3 is 10.1 Å². The van der Waals surface area contributed by atoms with Crippen LogP contribution < -0.4 is 5.32 Å². The van der Waals surface area contributed by atoms with Gasteiger partial charge in [0.05, 0.1) is 10.5 Å². The number of nitrogens with zero attached hydrogens (tertiary/aromatic N) is 1. The number of carbonyl (C=O) groups excluding carboxylic acids is 2. The Bertz CT molecular complexity index is 771. The zero-order valence-electron chi connectivity index (χ0n) is 13.2. The number of hydrogen-bond donors (Lipinski definition) is 1. The molecule has 1 aromatic carbocycles. The summed E-state index contributed by atoms with van der Waals surface area (Å²) in [5, 5.41) is 15.5. The van der Waals surface area contributed by atoms with Gasteiger partial charge in [0.15, 0.2) is 6.61 Å². The Balaban J connectivity index is 1.74. The minimum absolute atomic E-state index is 0.113. The van der Waals surface area contributed by atoms with Crippen LogP contribution in [0, 0.1) is 10.1 Å². The highest BCUT2D eigenvalue weighted by Crippen LogP contribution is 2.18. The summed E-state index contributed by atoms with van der Waals surface area (Å²) < 4.78 is 4.81. The maximum absolute atomic E-state index is 11.6. The van der Waals surface area contributed by atoms with Gasteiger partial charge in [-0.25, -0.2) is 4.79 Å². The molecule has 1 aromatic heterocycles. The van der Waals surface area contributed by atoms with E-state index in [0.29, 0.717) is 6.54 Å². The Morgan fingerprint density at radius 3 is 2.76 bits per heavy atom. The average Bonchev–Trinajstić information content (AvgIpc) is 3.11. The first-order valence-electron chi connectivity index (χ1n) is 7.43. The molecule has 0 aliphatic rings. The minimum atomic E-state index is -0.744. The lowest BCUT2D eigenvalue weighted by Crippen LogP contribution is -2.30. The Labute approximate surface area is 148 Å². The van der Waals surface area contributed by atoms with Crippen LogP contribution in [0.3, 0.4) is 0 Å².